The number of aryl methyl sites for hydroxylation is 1. The number of aromatic nitrogens is 1. The number of hydrogen-bond donors (Lipinski definition) is 1. The van der Waals surface area contributed by atoms with Gasteiger partial charge in [-0.3, -0.25) is 0 Å². The lowest BCUT2D eigenvalue weighted by Gasteiger charge is -2.08. The van der Waals surface area contributed by atoms with Gasteiger partial charge in [0.05, 0.1) is 0 Å². The number of rotatable bonds is 2. The number of alkyl halides is 3. The van der Waals surface area contributed by atoms with Crippen LogP contribution in [0.15, 0.2) is 10.9 Å². The van der Waals surface area contributed by atoms with Crippen molar-refractivity contribution in [3.63, 3.8) is 0 Å². The average molecular weight is 238 g/mol. The van der Waals surface area contributed by atoms with Crippen LogP contribution in [0.5, 0.6) is 5.75 Å². The standard InChI is InChI=1S/C7H5F3N2O4/c1-3-2-4(12(14)15)11-6(13)5(3)16-7(8,9)10/h2H,1H3,(H,11,13). The van der Waals surface area contributed by atoms with Crippen LogP contribution >= 0.6 is 0 Å². The van der Waals surface area contributed by atoms with E-state index < -0.39 is 28.4 Å². The zero-order valence-corrected chi connectivity index (χ0v) is 7.79. The third-order valence-electron chi connectivity index (χ3n) is 1.57. The molecule has 0 aliphatic heterocycles. The normalized spacial score (nSPS) is 11.2. The summed E-state index contributed by atoms with van der Waals surface area (Å²) in [4.78, 5) is 22.1. The molecule has 6 nitrogen and oxygen atoms in total. The fraction of sp³-hybridized carbons (Fsp3) is 0.286. The molecule has 0 radical (unpaired) electrons. The molecule has 0 aliphatic carbocycles. The molecule has 1 N–H and O–H groups in total. The Hall–Kier alpha value is -2.06. The summed E-state index contributed by atoms with van der Waals surface area (Å²) in [6.45, 7) is 1.10. The van der Waals surface area contributed by atoms with E-state index in [2.05, 4.69) is 4.74 Å². The van der Waals surface area contributed by atoms with Crippen LogP contribution in [0, 0.1) is 17.0 Å². The van der Waals surface area contributed by atoms with Gasteiger partial charge >= 0.3 is 17.7 Å². The zero-order chi connectivity index (χ0) is 12.5. The van der Waals surface area contributed by atoms with Crippen LogP contribution in [0.2, 0.25) is 0 Å². The van der Waals surface area contributed by atoms with Gasteiger partial charge < -0.3 is 14.9 Å². The number of hydrogen-bond acceptors (Lipinski definition) is 4. The lowest BCUT2D eigenvalue weighted by atomic mass is 10.2. The Bertz CT molecular complexity index is 480. The molecule has 88 valence electrons. The van der Waals surface area contributed by atoms with Crippen molar-refractivity contribution in [1.29, 1.82) is 0 Å². The number of ether oxygens (including phenoxy) is 1. The third-order valence-corrected chi connectivity index (χ3v) is 1.57. The first-order valence-corrected chi connectivity index (χ1v) is 3.85. The van der Waals surface area contributed by atoms with Gasteiger partial charge in [0.1, 0.15) is 0 Å². The Balaban J connectivity index is 3.24. The molecular formula is C7H5F3N2O4. The molecule has 0 saturated carbocycles. The minimum Gasteiger partial charge on any atom is -0.397 e. The van der Waals surface area contributed by atoms with Gasteiger partial charge in [0.15, 0.2) is 0 Å². The van der Waals surface area contributed by atoms with Gasteiger partial charge in [0.2, 0.25) is 5.75 Å². The molecule has 1 heterocycles. The van der Waals surface area contributed by atoms with Gasteiger partial charge in [-0.25, -0.2) is 9.78 Å². The van der Waals surface area contributed by atoms with E-state index in [-0.39, 0.29) is 5.56 Å². The number of aromatic amines is 1. The molecule has 0 saturated heterocycles. The molecule has 0 spiro atoms. The van der Waals surface area contributed by atoms with E-state index in [0.29, 0.717) is 0 Å². The molecule has 0 amide bonds. The van der Waals surface area contributed by atoms with E-state index in [1.165, 1.54) is 0 Å². The highest BCUT2D eigenvalue weighted by Gasteiger charge is 2.34. The summed E-state index contributed by atoms with van der Waals surface area (Å²) in [5.74, 6) is -1.70. The van der Waals surface area contributed by atoms with E-state index >= 15 is 0 Å². The van der Waals surface area contributed by atoms with E-state index in [0.717, 1.165) is 13.0 Å². The van der Waals surface area contributed by atoms with Crippen molar-refractivity contribution in [1.82, 2.24) is 4.98 Å². The second kappa shape index (κ2) is 3.83. The highest BCUT2D eigenvalue weighted by atomic mass is 19.4. The first-order valence-electron chi connectivity index (χ1n) is 3.85. The molecular weight excluding hydrogens is 233 g/mol. The lowest BCUT2D eigenvalue weighted by Crippen LogP contribution is -2.24. The molecule has 0 bridgehead atoms. The molecule has 0 fully saturated rings. The van der Waals surface area contributed by atoms with Gasteiger partial charge in [-0.1, -0.05) is 0 Å². The summed E-state index contributed by atoms with van der Waals surface area (Å²) in [6.07, 6.45) is -5.02. The Kier molecular flexibility index (Phi) is 2.88. The smallest absolute Gasteiger partial charge is 0.397 e. The van der Waals surface area contributed by atoms with Crippen molar-refractivity contribution in [3.8, 4) is 5.75 Å². The maximum absolute atomic E-state index is 11.9. The number of H-pyrrole nitrogens is 1. The number of nitro groups is 1. The maximum atomic E-state index is 11.9. The molecule has 0 aromatic carbocycles. The highest BCUT2D eigenvalue weighted by Crippen LogP contribution is 2.23. The van der Waals surface area contributed by atoms with Crippen molar-refractivity contribution in [3.05, 3.63) is 32.1 Å². The van der Waals surface area contributed by atoms with Crippen molar-refractivity contribution < 1.29 is 22.8 Å². The highest BCUT2D eigenvalue weighted by molar-refractivity contribution is 5.36. The predicted molar refractivity (Wildman–Crippen MR) is 45.1 cm³/mol. The lowest BCUT2D eigenvalue weighted by molar-refractivity contribution is -0.389. The Morgan fingerprint density at radius 3 is 2.44 bits per heavy atom. The molecule has 1 rings (SSSR count). The van der Waals surface area contributed by atoms with E-state index in [4.69, 9.17) is 0 Å². The Morgan fingerprint density at radius 1 is 1.50 bits per heavy atom. The molecule has 16 heavy (non-hydrogen) atoms. The zero-order valence-electron chi connectivity index (χ0n) is 7.79. The van der Waals surface area contributed by atoms with Gasteiger partial charge in [-0.2, -0.15) is 0 Å². The summed E-state index contributed by atoms with van der Waals surface area (Å²) in [5, 5.41) is 10.3. The summed E-state index contributed by atoms with van der Waals surface area (Å²) in [7, 11) is 0. The summed E-state index contributed by atoms with van der Waals surface area (Å²) in [5.41, 5.74) is -1.57. The first kappa shape index (κ1) is 12.0. The minimum atomic E-state index is -5.02. The number of nitrogens with zero attached hydrogens (tertiary/aromatic N) is 1. The largest absolute Gasteiger partial charge is 0.573 e. The Labute approximate surface area is 85.8 Å². The fourth-order valence-electron chi connectivity index (χ4n) is 1.000. The second-order valence-electron chi connectivity index (χ2n) is 2.80. The molecule has 0 unspecified atom stereocenters. The molecule has 0 atom stereocenters. The van der Waals surface area contributed by atoms with Crippen LogP contribution in [0.25, 0.3) is 0 Å². The molecule has 0 aliphatic rings. The number of halogens is 3. The number of pyridine rings is 1. The second-order valence-corrected chi connectivity index (χ2v) is 2.80. The minimum absolute atomic E-state index is 0.271. The van der Waals surface area contributed by atoms with Crippen molar-refractivity contribution >= 4 is 5.82 Å². The van der Waals surface area contributed by atoms with Crippen molar-refractivity contribution in [2.75, 3.05) is 0 Å². The molecule has 1 aromatic rings. The van der Waals surface area contributed by atoms with Crippen LogP contribution in [0.3, 0.4) is 0 Å². The van der Waals surface area contributed by atoms with Crippen LogP contribution in [-0.2, 0) is 0 Å². The van der Waals surface area contributed by atoms with E-state index in [9.17, 15) is 28.1 Å². The van der Waals surface area contributed by atoms with Crippen LogP contribution < -0.4 is 10.3 Å². The quantitative estimate of drug-likeness (QED) is 0.624. The monoisotopic (exact) mass is 238 g/mol. The van der Waals surface area contributed by atoms with E-state index in [1.807, 2.05) is 0 Å². The SMILES string of the molecule is Cc1cc([N+](=O)[O-])[nH]c(=O)c1OC(F)(F)F. The predicted octanol–water partition coefficient (Wildman–Crippen LogP) is 1.49. The van der Waals surface area contributed by atoms with Crippen molar-refractivity contribution in [2.45, 2.75) is 13.3 Å². The van der Waals surface area contributed by atoms with Crippen molar-refractivity contribution in [2.24, 2.45) is 0 Å². The number of nitrogens with one attached hydrogen (secondary N) is 1. The topological polar surface area (TPSA) is 85.2 Å². The fourth-order valence-corrected chi connectivity index (χ4v) is 1.000. The maximum Gasteiger partial charge on any atom is 0.573 e. The Morgan fingerprint density at radius 2 is 2.06 bits per heavy atom. The van der Waals surface area contributed by atoms with Gasteiger partial charge in [0, 0.05) is 11.6 Å². The van der Waals surface area contributed by atoms with Crippen LogP contribution in [0.4, 0.5) is 19.0 Å². The molecule has 1 aromatic heterocycles. The summed E-state index contributed by atoms with van der Waals surface area (Å²) >= 11 is 0. The van der Waals surface area contributed by atoms with Gasteiger partial charge in [-0.05, 0) is 11.8 Å². The first-order chi connectivity index (χ1) is 7.20. The van der Waals surface area contributed by atoms with Crippen LogP contribution in [0.1, 0.15) is 5.56 Å². The van der Waals surface area contributed by atoms with Gasteiger partial charge in [-0.15, -0.1) is 13.2 Å². The molecule has 9 heteroatoms. The third kappa shape index (κ3) is 2.72. The average Bonchev–Trinajstić information content (AvgIpc) is 2.09. The van der Waals surface area contributed by atoms with Crippen LogP contribution in [-0.4, -0.2) is 16.3 Å². The summed E-state index contributed by atoms with van der Waals surface area (Å²) < 4.78 is 39.0. The van der Waals surface area contributed by atoms with Gasteiger partial charge in [0.25, 0.3) is 0 Å². The summed E-state index contributed by atoms with van der Waals surface area (Å²) in [6, 6.07) is 0.780. The van der Waals surface area contributed by atoms with E-state index in [1.54, 1.807) is 4.98 Å².